The number of hydrogen-bond donors (Lipinski definition) is 1. The lowest BCUT2D eigenvalue weighted by Gasteiger charge is -2.31. The lowest BCUT2D eigenvalue weighted by atomic mass is 9.94. The highest BCUT2D eigenvalue weighted by Crippen LogP contribution is 2.45. The minimum absolute atomic E-state index is 0.0218. The molecule has 2 fully saturated rings. The van der Waals surface area contributed by atoms with Crippen molar-refractivity contribution < 1.29 is 38.0 Å². The number of hydrogen-bond acceptors (Lipinski definition) is 8. The van der Waals surface area contributed by atoms with Crippen molar-refractivity contribution >= 4 is 17.4 Å². The Morgan fingerprint density at radius 1 is 1.08 bits per heavy atom. The Kier molecular flexibility index (Phi) is 8.53. The van der Waals surface area contributed by atoms with Crippen LogP contribution in [0.15, 0.2) is 42.0 Å². The van der Waals surface area contributed by atoms with Crippen molar-refractivity contribution in [3.8, 4) is 17.2 Å². The van der Waals surface area contributed by atoms with E-state index in [-0.39, 0.29) is 29.5 Å². The van der Waals surface area contributed by atoms with Crippen molar-refractivity contribution in [3.63, 3.8) is 0 Å². The smallest absolute Gasteiger partial charge is 0.295 e. The van der Waals surface area contributed by atoms with Gasteiger partial charge in [-0.1, -0.05) is 12.1 Å². The summed E-state index contributed by atoms with van der Waals surface area (Å²) in [6, 6.07) is 8.09. The number of nitrogens with zero attached hydrogens (tertiary/aromatic N) is 2. The molecule has 1 atom stereocenters. The second-order valence-electron chi connectivity index (χ2n) is 9.34. The number of carbonyl (C=O) groups excluding carboxylic acids is 2. The van der Waals surface area contributed by atoms with Gasteiger partial charge >= 0.3 is 0 Å². The molecule has 0 saturated carbocycles. The number of ketones is 1. The van der Waals surface area contributed by atoms with Gasteiger partial charge in [0.15, 0.2) is 23.1 Å². The van der Waals surface area contributed by atoms with Crippen LogP contribution in [0.25, 0.3) is 5.76 Å². The van der Waals surface area contributed by atoms with E-state index in [1.807, 2.05) is 0 Å². The quantitative estimate of drug-likeness (QED) is 0.301. The van der Waals surface area contributed by atoms with Gasteiger partial charge in [0.1, 0.15) is 5.76 Å². The highest BCUT2D eigenvalue weighted by molar-refractivity contribution is 6.46. The zero-order valence-corrected chi connectivity index (χ0v) is 22.0. The molecule has 0 radical (unpaired) electrons. The maximum Gasteiger partial charge on any atom is 0.295 e. The summed E-state index contributed by atoms with van der Waals surface area (Å²) in [7, 11) is 2.95. The van der Waals surface area contributed by atoms with Crippen LogP contribution in [0.1, 0.15) is 31.0 Å². The molecule has 0 spiro atoms. The van der Waals surface area contributed by atoms with Crippen LogP contribution < -0.4 is 14.2 Å². The van der Waals surface area contributed by atoms with Gasteiger partial charge in [0.05, 0.1) is 45.2 Å². The summed E-state index contributed by atoms with van der Waals surface area (Å²) in [4.78, 5) is 30.3. The fourth-order valence-electron chi connectivity index (χ4n) is 4.79. The number of ether oxygens (including phenoxy) is 4. The second-order valence-corrected chi connectivity index (χ2v) is 9.34. The maximum atomic E-state index is 14.8. The van der Waals surface area contributed by atoms with E-state index in [1.165, 1.54) is 31.3 Å². The summed E-state index contributed by atoms with van der Waals surface area (Å²) in [6.45, 7) is 6.88. The van der Waals surface area contributed by atoms with Crippen LogP contribution >= 0.6 is 0 Å². The number of halogens is 1. The standard InChI is InChI=1S/C28H33FN2O7/c1-17(2)38-21-9-8-18(16-20(21)29)25(32)23-24(19-6-5-7-22(35-3)27(19)36-4)31(28(34)26(23)33)11-10-30-12-14-37-15-13-30/h5-9,16-17,24,32H,10-15H2,1-4H3/b25-23-. The molecule has 0 aromatic heterocycles. The van der Waals surface area contributed by atoms with Gasteiger partial charge < -0.3 is 29.0 Å². The molecule has 0 aliphatic carbocycles. The van der Waals surface area contributed by atoms with E-state index in [2.05, 4.69) is 4.90 Å². The Morgan fingerprint density at radius 2 is 1.82 bits per heavy atom. The number of morpholine rings is 1. The summed E-state index contributed by atoms with van der Waals surface area (Å²) in [5, 5.41) is 11.3. The molecule has 2 aliphatic rings. The lowest BCUT2D eigenvalue weighted by Crippen LogP contribution is -2.42. The van der Waals surface area contributed by atoms with Crippen LogP contribution in [0.3, 0.4) is 0 Å². The zero-order chi connectivity index (χ0) is 27.4. The summed E-state index contributed by atoms with van der Waals surface area (Å²) < 4.78 is 36.7. The average Bonchev–Trinajstić information content (AvgIpc) is 3.17. The predicted molar refractivity (Wildman–Crippen MR) is 138 cm³/mol. The third-order valence-electron chi connectivity index (χ3n) is 6.60. The molecular weight excluding hydrogens is 495 g/mol. The number of carbonyl (C=O) groups is 2. The lowest BCUT2D eigenvalue weighted by molar-refractivity contribution is -0.140. The first-order chi connectivity index (χ1) is 18.3. The molecule has 2 saturated heterocycles. The van der Waals surface area contributed by atoms with E-state index in [9.17, 15) is 19.1 Å². The summed E-state index contributed by atoms with van der Waals surface area (Å²) >= 11 is 0. The van der Waals surface area contributed by atoms with Crippen molar-refractivity contribution in [1.29, 1.82) is 0 Å². The van der Waals surface area contributed by atoms with E-state index in [1.54, 1.807) is 32.0 Å². The van der Waals surface area contributed by atoms with Crippen LogP contribution in [0.5, 0.6) is 17.2 Å². The predicted octanol–water partition coefficient (Wildman–Crippen LogP) is 3.38. The Bertz CT molecular complexity index is 1220. The van der Waals surface area contributed by atoms with Crippen molar-refractivity contribution in [2.75, 3.05) is 53.6 Å². The number of amides is 1. The molecule has 1 N–H and O–H groups in total. The van der Waals surface area contributed by atoms with Crippen molar-refractivity contribution in [1.82, 2.24) is 9.80 Å². The first-order valence-electron chi connectivity index (χ1n) is 12.5. The van der Waals surface area contributed by atoms with E-state index in [0.29, 0.717) is 49.9 Å². The number of likely N-dealkylation sites (tertiary alicyclic amines) is 1. The topological polar surface area (TPSA) is 97.8 Å². The molecular formula is C28H33FN2O7. The first kappa shape index (κ1) is 27.4. The van der Waals surface area contributed by atoms with E-state index < -0.39 is 29.3 Å². The van der Waals surface area contributed by atoms with Crippen LogP contribution in [0.2, 0.25) is 0 Å². The molecule has 1 unspecified atom stereocenters. The van der Waals surface area contributed by atoms with E-state index in [0.717, 1.165) is 6.07 Å². The van der Waals surface area contributed by atoms with E-state index in [4.69, 9.17) is 18.9 Å². The number of Topliss-reactive ketones (excluding diaryl/α,β-unsaturated/α-hetero) is 1. The number of methoxy groups -OCH3 is 2. The molecule has 2 heterocycles. The van der Waals surface area contributed by atoms with Crippen LogP contribution in [0, 0.1) is 5.82 Å². The molecule has 9 nitrogen and oxygen atoms in total. The normalized spacial score (nSPS) is 19.7. The molecule has 0 bridgehead atoms. The highest BCUT2D eigenvalue weighted by Gasteiger charge is 2.47. The highest BCUT2D eigenvalue weighted by atomic mass is 19.1. The molecule has 2 aromatic carbocycles. The number of aliphatic hydroxyl groups is 1. The van der Waals surface area contributed by atoms with Gasteiger partial charge in [0, 0.05) is 37.3 Å². The summed E-state index contributed by atoms with van der Waals surface area (Å²) in [5.74, 6) is -2.03. The molecule has 4 rings (SSSR count). The zero-order valence-electron chi connectivity index (χ0n) is 22.0. The molecule has 204 valence electrons. The summed E-state index contributed by atoms with van der Waals surface area (Å²) in [5.41, 5.74) is 0.368. The average molecular weight is 529 g/mol. The van der Waals surface area contributed by atoms with Gasteiger partial charge in [0.2, 0.25) is 0 Å². The molecule has 1 amide bonds. The molecule has 38 heavy (non-hydrogen) atoms. The third kappa shape index (κ3) is 5.46. The largest absolute Gasteiger partial charge is 0.507 e. The van der Waals surface area contributed by atoms with Crippen molar-refractivity contribution in [2.45, 2.75) is 26.0 Å². The van der Waals surface area contributed by atoms with Gasteiger partial charge in [-0.05, 0) is 38.1 Å². The monoisotopic (exact) mass is 528 g/mol. The van der Waals surface area contributed by atoms with Crippen LogP contribution in [-0.2, 0) is 14.3 Å². The SMILES string of the molecule is COc1cccc(C2/C(=C(/O)c3ccc(OC(C)C)c(F)c3)C(=O)C(=O)N2CCN2CCOCC2)c1OC. The number of rotatable bonds is 9. The van der Waals surface area contributed by atoms with Gasteiger partial charge in [-0.2, -0.15) is 0 Å². The minimum Gasteiger partial charge on any atom is -0.507 e. The van der Waals surface area contributed by atoms with Crippen molar-refractivity contribution in [2.24, 2.45) is 0 Å². The van der Waals surface area contributed by atoms with Gasteiger partial charge in [-0.15, -0.1) is 0 Å². The first-order valence-corrected chi connectivity index (χ1v) is 12.5. The Balaban J connectivity index is 1.81. The minimum atomic E-state index is -0.976. The maximum absolute atomic E-state index is 14.8. The van der Waals surface area contributed by atoms with Gasteiger partial charge in [0.25, 0.3) is 11.7 Å². The van der Waals surface area contributed by atoms with Gasteiger partial charge in [-0.25, -0.2) is 4.39 Å². The number of benzene rings is 2. The van der Waals surface area contributed by atoms with Crippen LogP contribution in [0.4, 0.5) is 4.39 Å². The second kappa shape index (κ2) is 11.8. The van der Waals surface area contributed by atoms with Crippen LogP contribution in [-0.4, -0.2) is 86.3 Å². The fraction of sp³-hybridized carbons (Fsp3) is 0.429. The molecule has 2 aliphatic heterocycles. The molecule has 10 heteroatoms. The molecule has 2 aromatic rings. The Hall–Kier alpha value is -3.63. The van der Waals surface area contributed by atoms with E-state index >= 15 is 0 Å². The Morgan fingerprint density at radius 3 is 2.45 bits per heavy atom. The number of aliphatic hydroxyl groups excluding tert-OH is 1. The third-order valence-corrected chi connectivity index (χ3v) is 6.60. The van der Waals surface area contributed by atoms with Crippen molar-refractivity contribution in [3.05, 3.63) is 58.9 Å². The Labute approximate surface area is 221 Å². The summed E-state index contributed by atoms with van der Waals surface area (Å²) in [6.07, 6.45) is -0.249. The fourth-order valence-corrected chi connectivity index (χ4v) is 4.79. The number of para-hydroxylation sites is 1. The van der Waals surface area contributed by atoms with Gasteiger partial charge in [-0.3, -0.25) is 14.5 Å².